The van der Waals surface area contributed by atoms with Gasteiger partial charge in [0, 0.05) is 12.6 Å². The van der Waals surface area contributed by atoms with Gasteiger partial charge in [-0.25, -0.2) is 16.8 Å². The van der Waals surface area contributed by atoms with Crippen molar-refractivity contribution in [2.45, 2.75) is 30.7 Å². The molecule has 21 heavy (non-hydrogen) atoms. The number of hydrogen-bond donors (Lipinski definition) is 0. The van der Waals surface area contributed by atoms with Gasteiger partial charge in [0.15, 0.2) is 9.84 Å². The molecule has 5 nitrogen and oxygen atoms in total. The van der Waals surface area contributed by atoms with Crippen molar-refractivity contribution < 1.29 is 16.8 Å². The molecule has 0 amide bonds. The third-order valence-corrected chi connectivity index (χ3v) is 7.80. The van der Waals surface area contributed by atoms with E-state index in [4.69, 9.17) is 0 Å². The summed E-state index contributed by atoms with van der Waals surface area (Å²) in [4.78, 5) is 0.248. The summed E-state index contributed by atoms with van der Waals surface area (Å²) >= 11 is 0. The van der Waals surface area contributed by atoms with E-state index >= 15 is 0 Å². The molecule has 0 radical (unpaired) electrons. The Balaban J connectivity index is 1.95. The quantitative estimate of drug-likeness (QED) is 0.835. The highest BCUT2D eigenvalue weighted by Gasteiger charge is 2.46. The molecule has 0 unspecified atom stereocenters. The fourth-order valence-electron chi connectivity index (χ4n) is 2.82. The Hall–Kier alpha value is -0.920. The topological polar surface area (TPSA) is 71.5 Å². The van der Waals surface area contributed by atoms with Gasteiger partial charge >= 0.3 is 0 Å². The number of aryl methyl sites for hydroxylation is 1. The van der Waals surface area contributed by atoms with E-state index in [-0.39, 0.29) is 28.9 Å². The SMILES string of the molecule is Cc1ccc(S(=O)(=O)N2CCS(=O)(=O)C[C@@H]2C2CC2)cc1. The summed E-state index contributed by atoms with van der Waals surface area (Å²) in [7, 11) is -6.74. The van der Waals surface area contributed by atoms with Gasteiger partial charge in [-0.05, 0) is 37.8 Å². The molecule has 0 spiro atoms. The summed E-state index contributed by atoms with van der Waals surface area (Å²) in [6.07, 6.45) is 1.83. The lowest BCUT2D eigenvalue weighted by atomic mass is 10.2. The van der Waals surface area contributed by atoms with Crippen LogP contribution in [0.25, 0.3) is 0 Å². The van der Waals surface area contributed by atoms with E-state index in [1.54, 1.807) is 24.3 Å². The molecule has 0 bridgehead atoms. The van der Waals surface area contributed by atoms with Crippen molar-refractivity contribution in [3.8, 4) is 0 Å². The Morgan fingerprint density at radius 2 is 1.76 bits per heavy atom. The second-order valence-electron chi connectivity index (χ2n) is 5.95. The van der Waals surface area contributed by atoms with Gasteiger partial charge in [-0.15, -0.1) is 0 Å². The number of hydrogen-bond acceptors (Lipinski definition) is 4. The highest BCUT2D eigenvalue weighted by molar-refractivity contribution is 7.92. The fraction of sp³-hybridized carbons (Fsp3) is 0.571. The Labute approximate surface area is 125 Å². The molecule has 1 aliphatic carbocycles. The number of benzene rings is 1. The van der Waals surface area contributed by atoms with Crippen LogP contribution >= 0.6 is 0 Å². The molecule has 7 heteroatoms. The van der Waals surface area contributed by atoms with Crippen LogP contribution in [0.5, 0.6) is 0 Å². The van der Waals surface area contributed by atoms with Crippen LogP contribution in [0.2, 0.25) is 0 Å². The van der Waals surface area contributed by atoms with Gasteiger partial charge < -0.3 is 0 Å². The lowest BCUT2D eigenvalue weighted by Gasteiger charge is -2.34. The van der Waals surface area contributed by atoms with E-state index in [9.17, 15) is 16.8 Å². The Morgan fingerprint density at radius 3 is 2.33 bits per heavy atom. The van der Waals surface area contributed by atoms with Crippen LogP contribution in [0, 0.1) is 12.8 Å². The molecule has 0 aromatic heterocycles. The van der Waals surface area contributed by atoms with Crippen LogP contribution < -0.4 is 0 Å². The molecule has 1 aromatic rings. The van der Waals surface area contributed by atoms with Gasteiger partial charge in [0.2, 0.25) is 10.0 Å². The zero-order valence-electron chi connectivity index (χ0n) is 11.9. The summed E-state index contributed by atoms with van der Waals surface area (Å²) in [6, 6.07) is 6.32. The first-order valence-electron chi connectivity index (χ1n) is 7.08. The van der Waals surface area contributed by atoms with Crippen LogP contribution in [0.4, 0.5) is 0 Å². The number of sulfonamides is 1. The first kappa shape index (κ1) is 15.0. The van der Waals surface area contributed by atoms with Crippen molar-refractivity contribution in [3.05, 3.63) is 29.8 Å². The predicted molar refractivity (Wildman–Crippen MR) is 80.2 cm³/mol. The fourth-order valence-corrected chi connectivity index (χ4v) is 6.33. The highest BCUT2D eigenvalue weighted by atomic mass is 32.2. The van der Waals surface area contributed by atoms with Crippen molar-refractivity contribution >= 4 is 19.9 Å². The number of sulfone groups is 1. The standard InChI is InChI=1S/C14H19NO4S2/c1-11-2-6-13(7-3-11)21(18,19)15-8-9-20(16,17)10-14(15)12-4-5-12/h2-3,6-7,12,14H,4-5,8-10H2,1H3/t14-/m1/s1. The van der Waals surface area contributed by atoms with Gasteiger partial charge in [-0.3, -0.25) is 0 Å². The normalized spacial score (nSPS) is 26.6. The van der Waals surface area contributed by atoms with Crippen molar-refractivity contribution in [1.82, 2.24) is 4.31 Å². The van der Waals surface area contributed by atoms with E-state index in [2.05, 4.69) is 0 Å². The lowest BCUT2D eigenvalue weighted by molar-refractivity contribution is 0.311. The number of rotatable bonds is 3. The second-order valence-corrected chi connectivity index (χ2v) is 10.1. The summed E-state index contributed by atoms with van der Waals surface area (Å²) in [5, 5.41) is 0. The second kappa shape index (κ2) is 5.07. The van der Waals surface area contributed by atoms with Crippen molar-refractivity contribution in [3.63, 3.8) is 0 Å². The van der Waals surface area contributed by atoms with Crippen LogP contribution in [-0.2, 0) is 19.9 Å². The molecule has 1 heterocycles. The molecule has 2 fully saturated rings. The molecule has 116 valence electrons. The van der Waals surface area contributed by atoms with Gasteiger partial charge in [0.25, 0.3) is 0 Å². The maximum Gasteiger partial charge on any atom is 0.243 e. The molecule has 1 aliphatic heterocycles. The van der Waals surface area contributed by atoms with E-state index in [1.807, 2.05) is 6.92 Å². The van der Waals surface area contributed by atoms with Crippen LogP contribution in [0.3, 0.4) is 0 Å². The summed E-state index contributed by atoms with van der Waals surface area (Å²) < 4.78 is 50.6. The third-order valence-electron chi connectivity index (χ3n) is 4.21. The van der Waals surface area contributed by atoms with Gasteiger partial charge in [-0.1, -0.05) is 17.7 Å². The smallest absolute Gasteiger partial charge is 0.229 e. The largest absolute Gasteiger partial charge is 0.243 e. The summed E-state index contributed by atoms with van der Waals surface area (Å²) in [5.41, 5.74) is 0.994. The highest BCUT2D eigenvalue weighted by Crippen LogP contribution is 2.39. The van der Waals surface area contributed by atoms with Crippen molar-refractivity contribution in [2.75, 3.05) is 18.1 Å². The minimum absolute atomic E-state index is 0.0389. The maximum absolute atomic E-state index is 12.8. The van der Waals surface area contributed by atoms with E-state index in [1.165, 1.54) is 4.31 Å². The zero-order chi connectivity index (χ0) is 15.3. The van der Waals surface area contributed by atoms with E-state index in [0.29, 0.717) is 0 Å². The number of nitrogens with zero attached hydrogens (tertiary/aromatic N) is 1. The summed E-state index contributed by atoms with van der Waals surface area (Å²) in [6.45, 7) is 1.97. The average molecular weight is 329 g/mol. The van der Waals surface area contributed by atoms with E-state index in [0.717, 1.165) is 18.4 Å². The van der Waals surface area contributed by atoms with Crippen molar-refractivity contribution in [1.29, 1.82) is 0 Å². The molecule has 3 rings (SSSR count). The predicted octanol–water partition coefficient (Wildman–Crippen LogP) is 1.19. The maximum atomic E-state index is 12.8. The van der Waals surface area contributed by atoms with Crippen LogP contribution in [0.15, 0.2) is 29.2 Å². The molecule has 1 saturated carbocycles. The zero-order valence-corrected chi connectivity index (χ0v) is 13.5. The minimum Gasteiger partial charge on any atom is -0.229 e. The lowest BCUT2D eigenvalue weighted by Crippen LogP contribution is -2.52. The van der Waals surface area contributed by atoms with Gasteiger partial charge in [-0.2, -0.15) is 4.31 Å². The Kier molecular flexibility index (Phi) is 3.62. The third kappa shape index (κ3) is 3.00. The average Bonchev–Trinajstić information content (AvgIpc) is 3.22. The monoisotopic (exact) mass is 329 g/mol. The molecular formula is C14H19NO4S2. The molecular weight excluding hydrogens is 310 g/mol. The van der Waals surface area contributed by atoms with Crippen molar-refractivity contribution in [2.24, 2.45) is 5.92 Å². The molecule has 1 atom stereocenters. The first-order chi connectivity index (χ1) is 9.79. The van der Waals surface area contributed by atoms with Gasteiger partial charge in [0.05, 0.1) is 16.4 Å². The van der Waals surface area contributed by atoms with Crippen LogP contribution in [0.1, 0.15) is 18.4 Å². The Morgan fingerprint density at radius 1 is 1.14 bits per heavy atom. The molecule has 1 aromatic carbocycles. The van der Waals surface area contributed by atoms with Crippen LogP contribution in [-0.4, -0.2) is 45.2 Å². The Bertz CT molecular complexity index is 734. The summed E-state index contributed by atoms with van der Waals surface area (Å²) in [5.74, 6) is 0.0738. The van der Waals surface area contributed by atoms with Gasteiger partial charge in [0.1, 0.15) is 0 Å². The molecule has 0 N–H and O–H groups in total. The molecule has 1 saturated heterocycles. The molecule has 2 aliphatic rings. The van der Waals surface area contributed by atoms with E-state index < -0.39 is 25.9 Å². The minimum atomic E-state index is -3.61. The first-order valence-corrected chi connectivity index (χ1v) is 10.3.